The number of amides is 1. The zero-order valence-corrected chi connectivity index (χ0v) is 16.0. The van der Waals surface area contributed by atoms with Crippen molar-refractivity contribution in [1.29, 1.82) is 0 Å². The zero-order valence-electron chi connectivity index (χ0n) is 14.4. The van der Waals surface area contributed by atoms with Gasteiger partial charge in [-0.25, -0.2) is 13.4 Å². The molecule has 5 nitrogen and oxygen atoms in total. The number of aryl methyl sites for hydroxylation is 1. The van der Waals surface area contributed by atoms with Crippen LogP contribution >= 0.6 is 11.3 Å². The first-order valence-corrected chi connectivity index (χ1v) is 11.2. The minimum absolute atomic E-state index is 0.204. The van der Waals surface area contributed by atoms with Gasteiger partial charge >= 0.3 is 0 Å². The third-order valence-corrected chi connectivity index (χ3v) is 6.67. The van der Waals surface area contributed by atoms with Crippen LogP contribution in [0.3, 0.4) is 0 Å². The summed E-state index contributed by atoms with van der Waals surface area (Å²) in [6, 6.07) is 5.95. The second kappa shape index (κ2) is 7.25. The molecule has 1 heterocycles. The maximum atomic E-state index is 12.4. The number of hydrogen-bond acceptors (Lipinski definition) is 5. The molecule has 0 bridgehead atoms. The molecule has 0 saturated heterocycles. The third-order valence-electron chi connectivity index (χ3n) is 4.50. The molecule has 0 fully saturated rings. The number of nitrogens with zero attached hydrogens (tertiary/aromatic N) is 1. The van der Waals surface area contributed by atoms with Crippen molar-refractivity contribution in [1.82, 2.24) is 4.98 Å². The van der Waals surface area contributed by atoms with E-state index in [-0.39, 0.29) is 10.8 Å². The quantitative estimate of drug-likeness (QED) is 0.861. The number of fused-ring (bicyclic) bond motifs is 1. The number of rotatable bonds is 5. The Hall–Kier alpha value is -1.73. The standard InChI is InChI=1S/C18H22N2O3S2/c1-3-4-12-5-10-15-16(11-12)24-18(19-15)20-17(21)13-6-8-14(9-7-13)25(2,22)23/h6-9,12H,3-5,10-11H2,1-2H3,(H,19,20,21). The summed E-state index contributed by atoms with van der Waals surface area (Å²) in [6.07, 6.45) is 6.80. The highest BCUT2D eigenvalue weighted by Gasteiger charge is 2.22. The highest BCUT2D eigenvalue weighted by atomic mass is 32.2. The number of hydrogen-bond donors (Lipinski definition) is 1. The summed E-state index contributed by atoms with van der Waals surface area (Å²) in [6.45, 7) is 2.21. The van der Waals surface area contributed by atoms with Crippen LogP contribution in [0.15, 0.2) is 29.2 Å². The molecule has 1 aliphatic rings. The first kappa shape index (κ1) is 18.1. The number of sulfone groups is 1. The van der Waals surface area contributed by atoms with Crippen LogP contribution in [0.4, 0.5) is 5.13 Å². The van der Waals surface area contributed by atoms with Crippen molar-refractivity contribution in [3.05, 3.63) is 40.4 Å². The minimum Gasteiger partial charge on any atom is -0.298 e. The van der Waals surface area contributed by atoms with Gasteiger partial charge in [0, 0.05) is 16.7 Å². The second-order valence-electron chi connectivity index (χ2n) is 6.54. The summed E-state index contributed by atoms with van der Waals surface area (Å²) >= 11 is 1.56. The van der Waals surface area contributed by atoms with Gasteiger partial charge in [-0.05, 0) is 49.4 Å². The van der Waals surface area contributed by atoms with Crippen LogP contribution in [0, 0.1) is 5.92 Å². The van der Waals surface area contributed by atoms with E-state index in [2.05, 4.69) is 17.2 Å². The van der Waals surface area contributed by atoms with Crippen LogP contribution in [-0.2, 0) is 22.7 Å². The van der Waals surface area contributed by atoms with E-state index < -0.39 is 9.84 Å². The fourth-order valence-corrected chi connectivity index (χ4v) is 4.92. The van der Waals surface area contributed by atoms with Crippen LogP contribution in [0.25, 0.3) is 0 Å². The Morgan fingerprint density at radius 1 is 1.32 bits per heavy atom. The van der Waals surface area contributed by atoms with Crippen LogP contribution in [0.2, 0.25) is 0 Å². The second-order valence-corrected chi connectivity index (χ2v) is 9.64. The van der Waals surface area contributed by atoms with Crippen LogP contribution in [0.1, 0.15) is 47.1 Å². The van der Waals surface area contributed by atoms with Crippen molar-refractivity contribution >= 4 is 32.2 Å². The predicted octanol–water partition coefficient (Wildman–Crippen LogP) is 3.70. The molecule has 1 N–H and O–H groups in total. The number of thiazole rings is 1. The van der Waals surface area contributed by atoms with E-state index in [9.17, 15) is 13.2 Å². The Balaban J connectivity index is 1.70. The molecule has 1 unspecified atom stereocenters. The number of carbonyl (C=O) groups excluding carboxylic acids is 1. The molecule has 3 rings (SSSR count). The van der Waals surface area contributed by atoms with E-state index in [1.54, 1.807) is 11.3 Å². The molecule has 0 saturated carbocycles. The molecule has 1 amide bonds. The SMILES string of the molecule is CCCC1CCc2nc(NC(=O)c3ccc(S(C)(=O)=O)cc3)sc2C1. The van der Waals surface area contributed by atoms with Gasteiger partial charge in [0.05, 0.1) is 10.6 Å². The number of anilines is 1. The van der Waals surface area contributed by atoms with Crippen LogP contribution in [0.5, 0.6) is 0 Å². The summed E-state index contributed by atoms with van der Waals surface area (Å²) in [7, 11) is -3.26. The van der Waals surface area contributed by atoms with Crippen molar-refractivity contribution in [2.45, 2.75) is 43.9 Å². The predicted molar refractivity (Wildman–Crippen MR) is 100 cm³/mol. The van der Waals surface area contributed by atoms with Crippen molar-refractivity contribution in [2.75, 3.05) is 11.6 Å². The van der Waals surface area contributed by atoms with Gasteiger partial charge in [-0.3, -0.25) is 10.1 Å². The molecule has 7 heteroatoms. The Bertz CT molecular complexity index is 870. The van der Waals surface area contributed by atoms with E-state index in [1.807, 2.05) is 0 Å². The fourth-order valence-electron chi connectivity index (χ4n) is 3.17. The molecule has 134 valence electrons. The van der Waals surface area contributed by atoms with Crippen molar-refractivity contribution in [3.8, 4) is 0 Å². The van der Waals surface area contributed by atoms with Gasteiger partial charge in [0.2, 0.25) is 0 Å². The summed E-state index contributed by atoms with van der Waals surface area (Å²) in [5.41, 5.74) is 1.53. The molecule has 2 aromatic rings. The molecule has 25 heavy (non-hydrogen) atoms. The van der Waals surface area contributed by atoms with Crippen molar-refractivity contribution in [2.24, 2.45) is 5.92 Å². The Kier molecular flexibility index (Phi) is 5.24. The molecule has 0 aliphatic heterocycles. The van der Waals surface area contributed by atoms with E-state index in [4.69, 9.17) is 0 Å². The van der Waals surface area contributed by atoms with Crippen molar-refractivity contribution in [3.63, 3.8) is 0 Å². The summed E-state index contributed by atoms with van der Waals surface area (Å²) in [5, 5.41) is 3.46. The van der Waals surface area contributed by atoms with E-state index >= 15 is 0 Å². The lowest BCUT2D eigenvalue weighted by Gasteiger charge is -2.19. The molecular weight excluding hydrogens is 356 g/mol. The average molecular weight is 379 g/mol. The molecule has 1 aromatic heterocycles. The first-order valence-electron chi connectivity index (χ1n) is 8.47. The molecule has 0 spiro atoms. The topological polar surface area (TPSA) is 76.1 Å². The summed E-state index contributed by atoms with van der Waals surface area (Å²) in [5.74, 6) is 0.460. The Morgan fingerprint density at radius 3 is 2.68 bits per heavy atom. The van der Waals surface area contributed by atoms with Gasteiger partial charge < -0.3 is 0 Å². The van der Waals surface area contributed by atoms with Gasteiger partial charge in [-0.1, -0.05) is 19.8 Å². The normalized spacial score (nSPS) is 17.1. The average Bonchev–Trinajstić information content (AvgIpc) is 2.96. The minimum atomic E-state index is -3.26. The third kappa shape index (κ3) is 4.27. The first-order chi connectivity index (χ1) is 11.9. The van der Waals surface area contributed by atoms with Gasteiger partial charge in [0.25, 0.3) is 5.91 Å². The maximum Gasteiger partial charge on any atom is 0.257 e. The number of aromatic nitrogens is 1. The van der Waals surface area contributed by atoms with Gasteiger partial charge in [0.1, 0.15) is 0 Å². The highest BCUT2D eigenvalue weighted by Crippen LogP contribution is 2.34. The van der Waals surface area contributed by atoms with Crippen molar-refractivity contribution < 1.29 is 13.2 Å². The van der Waals surface area contributed by atoms with E-state index in [1.165, 1.54) is 48.4 Å². The van der Waals surface area contributed by atoms with E-state index in [0.29, 0.717) is 10.7 Å². The molecule has 1 atom stereocenters. The van der Waals surface area contributed by atoms with Gasteiger partial charge in [-0.2, -0.15) is 0 Å². The molecular formula is C18H22N2O3S2. The fraction of sp³-hybridized carbons (Fsp3) is 0.444. The highest BCUT2D eigenvalue weighted by molar-refractivity contribution is 7.90. The molecule has 0 radical (unpaired) electrons. The monoisotopic (exact) mass is 378 g/mol. The lowest BCUT2D eigenvalue weighted by Crippen LogP contribution is -2.13. The largest absolute Gasteiger partial charge is 0.298 e. The molecule has 1 aliphatic carbocycles. The van der Waals surface area contributed by atoms with Gasteiger partial charge in [0.15, 0.2) is 15.0 Å². The summed E-state index contributed by atoms with van der Waals surface area (Å²) in [4.78, 5) is 18.4. The number of carbonyl (C=O) groups is 1. The van der Waals surface area contributed by atoms with Crippen LogP contribution in [-0.4, -0.2) is 25.6 Å². The lowest BCUT2D eigenvalue weighted by atomic mass is 9.88. The maximum absolute atomic E-state index is 12.4. The lowest BCUT2D eigenvalue weighted by molar-refractivity contribution is 0.102. The number of benzene rings is 1. The smallest absolute Gasteiger partial charge is 0.257 e. The number of nitrogens with one attached hydrogen (secondary N) is 1. The Labute approximate surface area is 152 Å². The Morgan fingerprint density at radius 2 is 2.04 bits per heavy atom. The molecule has 1 aromatic carbocycles. The zero-order chi connectivity index (χ0) is 18.0. The van der Waals surface area contributed by atoms with Gasteiger partial charge in [-0.15, -0.1) is 11.3 Å². The van der Waals surface area contributed by atoms with E-state index in [0.717, 1.165) is 30.7 Å². The summed E-state index contributed by atoms with van der Waals surface area (Å²) < 4.78 is 23.0. The van der Waals surface area contributed by atoms with Crippen LogP contribution < -0.4 is 5.32 Å².